The van der Waals surface area contributed by atoms with Crippen LogP contribution < -0.4 is 5.73 Å². The van der Waals surface area contributed by atoms with E-state index in [9.17, 15) is 8.78 Å². The molecule has 1 rings (SSSR count). The van der Waals surface area contributed by atoms with Crippen LogP contribution in [0.4, 0.5) is 8.78 Å². The molecule has 1 unspecified atom stereocenters. The number of hydrogen-bond acceptors (Lipinski definition) is 1. The van der Waals surface area contributed by atoms with Gasteiger partial charge in [-0.05, 0) is 25.5 Å². The van der Waals surface area contributed by atoms with Gasteiger partial charge in [0.1, 0.15) is 11.6 Å². The Morgan fingerprint density at radius 3 is 2.47 bits per heavy atom. The lowest BCUT2D eigenvalue weighted by Crippen LogP contribution is -2.23. The van der Waals surface area contributed by atoms with E-state index in [1.54, 1.807) is 6.92 Å². The molecule has 3 heteroatoms. The van der Waals surface area contributed by atoms with Crippen LogP contribution in [0.3, 0.4) is 0 Å². The van der Waals surface area contributed by atoms with Gasteiger partial charge in [0.15, 0.2) is 0 Å². The second-order valence-electron chi connectivity index (χ2n) is 3.30. The third-order valence-electron chi connectivity index (χ3n) is 2.07. The molecule has 0 amide bonds. The molecular formula is C12H13F2N. The zero-order valence-electron chi connectivity index (χ0n) is 8.56. The number of halogens is 2. The smallest absolute Gasteiger partial charge is 0.129 e. The van der Waals surface area contributed by atoms with Crippen molar-refractivity contribution in [2.45, 2.75) is 25.8 Å². The molecular weight excluding hydrogens is 196 g/mol. The maximum absolute atomic E-state index is 13.2. The third kappa shape index (κ3) is 3.34. The lowest BCUT2D eigenvalue weighted by atomic mass is 10.0. The Labute approximate surface area is 88.3 Å². The van der Waals surface area contributed by atoms with Gasteiger partial charge in [-0.1, -0.05) is 6.07 Å². The van der Waals surface area contributed by atoms with Crippen molar-refractivity contribution in [1.29, 1.82) is 0 Å². The maximum Gasteiger partial charge on any atom is 0.129 e. The van der Waals surface area contributed by atoms with E-state index in [2.05, 4.69) is 11.8 Å². The number of rotatable bonds is 3. The average molecular weight is 209 g/mol. The Morgan fingerprint density at radius 2 is 1.93 bits per heavy atom. The zero-order valence-corrected chi connectivity index (χ0v) is 8.56. The Hall–Kier alpha value is -1.40. The van der Waals surface area contributed by atoms with Gasteiger partial charge >= 0.3 is 0 Å². The minimum atomic E-state index is -0.546. The molecule has 2 N–H and O–H groups in total. The molecule has 0 radical (unpaired) electrons. The maximum atomic E-state index is 13.2. The first-order valence-corrected chi connectivity index (χ1v) is 4.73. The highest BCUT2D eigenvalue weighted by atomic mass is 19.1. The molecule has 1 aromatic carbocycles. The molecule has 0 heterocycles. The molecule has 0 fully saturated rings. The van der Waals surface area contributed by atoms with Crippen molar-refractivity contribution >= 4 is 0 Å². The van der Waals surface area contributed by atoms with Crippen molar-refractivity contribution in [3.8, 4) is 11.8 Å². The highest BCUT2D eigenvalue weighted by Crippen LogP contribution is 2.14. The molecule has 1 aromatic rings. The van der Waals surface area contributed by atoms with E-state index in [4.69, 9.17) is 5.73 Å². The van der Waals surface area contributed by atoms with Gasteiger partial charge in [0.2, 0.25) is 0 Å². The summed E-state index contributed by atoms with van der Waals surface area (Å²) >= 11 is 0. The topological polar surface area (TPSA) is 26.0 Å². The van der Waals surface area contributed by atoms with Crippen LogP contribution in [-0.2, 0) is 6.42 Å². The summed E-state index contributed by atoms with van der Waals surface area (Å²) in [6, 6.07) is 3.47. The molecule has 15 heavy (non-hydrogen) atoms. The summed E-state index contributed by atoms with van der Waals surface area (Å²) in [6.45, 7) is 1.70. The number of hydrogen-bond donors (Lipinski definition) is 1. The van der Waals surface area contributed by atoms with Gasteiger partial charge in [0, 0.05) is 18.0 Å². The van der Waals surface area contributed by atoms with Crippen molar-refractivity contribution in [3.63, 3.8) is 0 Å². The van der Waals surface area contributed by atoms with Crippen LogP contribution in [0.2, 0.25) is 0 Å². The predicted molar refractivity (Wildman–Crippen MR) is 56.1 cm³/mol. The molecule has 80 valence electrons. The van der Waals surface area contributed by atoms with E-state index < -0.39 is 11.6 Å². The lowest BCUT2D eigenvalue weighted by Gasteiger charge is -2.09. The number of benzene rings is 1. The van der Waals surface area contributed by atoms with E-state index in [0.29, 0.717) is 6.42 Å². The Kier molecular flexibility index (Phi) is 4.26. The van der Waals surface area contributed by atoms with Crippen LogP contribution >= 0.6 is 0 Å². The minimum Gasteiger partial charge on any atom is -0.327 e. The SMILES string of the molecule is CC#CCC(N)Cc1c(F)cccc1F. The monoisotopic (exact) mass is 209 g/mol. The summed E-state index contributed by atoms with van der Waals surface area (Å²) in [7, 11) is 0. The fraction of sp³-hybridized carbons (Fsp3) is 0.333. The van der Waals surface area contributed by atoms with E-state index >= 15 is 0 Å². The third-order valence-corrected chi connectivity index (χ3v) is 2.07. The highest BCUT2D eigenvalue weighted by Gasteiger charge is 2.11. The van der Waals surface area contributed by atoms with Crippen molar-refractivity contribution in [1.82, 2.24) is 0 Å². The van der Waals surface area contributed by atoms with Gasteiger partial charge < -0.3 is 5.73 Å². The Balaban J connectivity index is 2.74. The molecule has 0 aliphatic rings. The molecule has 0 aliphatic carbocycles. The summed E-state index contributed by atoms with van der Waals surface area (Å²) in [5, 5.41) is 0. The second-order valence-corrected chi connectivity index (χ2v) is 3.30. The quantitative estimate of drug-likeness (QED) is 0.759. The van der Waals surface area contributed by atoms with Gasteiger partial charge in [-0.15, -0.1) is 11.8 Å². The average Bonchev–Trinajstić information content (AvgIpc) is 2.21. The van der Waals surface area contributed by atoms with Gasteiger partial charge in [0.25, 0.3) is 0 Å². The first-order chi connectivity index (χ1) is 7.15. The van der Waals surface area contributed by atoms with Crippen molar-refractivity contribution in [2.24, 2.45) is 5.73 Å². The Bertz CT molecular complexity index is 370. The zero-order chi connectivity index (χ0) is 11.3. The molecule has 0 aromatic heterocycles. The van der Waals surface area contributed by atoms with Gasteiger partial charge in [-0.25, -0.2) is 8.78 Å². The molecule has 0 spiro atoms. The van der Waals surface area contributed by atoms with Crippen LogP contribution in [0.25, 0.3) is 0 Å². The highest BCUT2D eigenvalue weighted by molar-refractivity contribution is 5.21. The van der Waals surface area contributed by atoms with Crippen molar-refractivity contribution in [2.75, 3.05) is 0 Å². The summed E-state index contributed by atoms with van der Waals surface area (Å²) in [4.78, 5) is 0. The molecule has 0 bridgehead atoms. The van der Waals surface area contributed by atoms with Crippen LogP contribution in [0.5, 0.6) is 0 Å². The summed E-state index contributed by atoms with van der Waals surface area (Å²) in [5.41, 5.74) is 5.74. The van der Waals surface area contributed by atoms with Gasteiger partial charge in [-0.3, -0.25) is 0 Å². The minimum absolute atomic E-state index is 0.0444. The van der Waals surface area contributed by atoms with Crippen molar-refractivity contribution in [3.05, 3.63) is 35.4 Å². The fourth-order valence-electron chi connectivity index (χ4n) is 1.29. The molecule has 0 saturated heterocycles. The van der Waals surface area contributed by atoms with E-state index in [1.807, 2.05) is 0 Å². The van der Waals surface area contributed by atoms with Crippen LogP contribution in [0.15, 0.2) is 18.2 Å². The summed E-state index contributed by atoms with van der Waals surface area (Å²) < 4.78 is 26.4. The first-order valence-electron chi connectivity index (χ1n) is 4.73. The van der Waals surface area contributed by atoms with E-state index in [-0.39, 0.29) is 18.0 Å². The summed E-state index contributed by atoms with van der Waals surface area (Å²) in [6.07, 6.45) is 0.622. The van der Waals surface area contributed by atoms with Crippen molar-refractivity contribution < 1.29 is 8.78 Å². The first kappa shape index (κ1) is 11.7. The fourth-order valence-corrected chi connectivity index (χ4v) is 1.29. The number of nitrogens with two attached hydrogens (primary N) is 1. The summed E-state index contributed by atoms with van der Waals surface area (Å²) in [5.74, 6) is 4.39. The molecule has 1 nitrogen and oxygen atoms in total. The second kappa shape index (κ2) is 5.47. The van der Waals surface area contributed by atoms with E-state index in [0.717, 1.165) is 0 Å². The van der Waals surface area contributed by atoms with E-state index in [1.165, 1.54) is 18.2 Å². The molecule has 0 saturated carbocycles. The van der Waals surface area contributed by atoms with Crippen LogP contribution in [0.1, 0.15) is 18.9 Å². The lowest BCUT2D eigenvalue weighted by molar-refractivity contribution is 0.537. The van der Waals surface area contributed by atoms with Gasteiger partial charge in [-0.2, -0.15) is 0 Å². The van der Waals surface area contributed by atoms with Gasteiger partial charge in [0.05, 0.1) is 0 Å². The van der Waals surface area contributed by atoms with Crippen LogP contribution in [-0.4, -0.2) is 6.04 Å². The predicted octanol–water partition coefficient (Wildman–Crippen LogP) is 2.25. The molecule has 1 atom stereocenters. The normalized spacial score (nSPS) is 11.7. The Morgan fingerprint density at radius 1 is 1.33 bits per heavy atom. The largest absolute Gasteiger partial charge is 0.327 e. The standard InChI is InChI=1S/C12H13F2N/c1-2-3-5-9(15)8-10-11(13)6-4-7-12(10)14/h4,6-7,9H,5,8,15H2,1H3. The van der Waals surface area contributed by atoms with Crippen LogP contribution in [0, 0.1) is 23.5 Å². The molecule has 0 aliphatic heterocycles.